The molecule has 4 rings (SSSR count). The average molecular weight is 478 g/mol. The number of nitrogens with zero attached hydrogens (tertiary/aromatic N) is 5. The molecule has 0 unspecified atom stereocenters. The minimum absolute atomic E-state index is 0.172. The van der Waals surface area contributed by atoms with Crippen molar-refractivity contribution in [2.45, 2.75) is 59.2 Å². The molecule has 3 aromatic rings. The van der Waals surface area contributed by atoms with E-state index in [2.05, 4.69) is 5.10 Å². The maximum absolute atomic E-state index is 15.2. The number of aryl methyl sites for hydroxylation is 1. The minimum atomic E-state index is -3.02. The van der Waals surface area contributed by atoms with Crippen molar-refractivity contribution in [3.05, 3.63) is 63.8 Å². The van der Waals surface area contributed by atoms with Gasteiger partial charge in [-0.3, -0.25) is 13.8 Å². The van der Waals surface area contributed by atoms with Gasteiger partial charge < -0.3 is 9.64 Å². The summed E-state index contributed by atoms with van der Waals surface area (Å²) in [7, 11) is 0. The average Bonchev–Trinajstić information content (AvgIpc) is 3.33. The summed E-state index contributed by atoms with van der Waals surface area (Å²) in [4.78, 5) is 15.2. The highest BCUT2D eigenvalue weighted by atomic mass is 19.3. The van der Waals surface area contributed by atoms with E-state index >= 15 is 4.39 Å². The lowest BCUT2D eigenvalue weighted by Gasteiger charge is -2.39. The molecule has 1 aromatic carbocycles. The molecule has 1 fully saturated rings. The van der Waals surface area contributed by atoms with Crippen LogP contribution in [0.1, 0.15) is 57.0 Å². The molecule has 1 aliphatic rings. The van der Waals surface area contributed by atoms with Crippen LogP contribution in [-0.2, 0) is 11.3 Å². The lowest BCUT2D eigenvalue weighted by atomic mass is 10.1. The summed E-state index contributed by atoms with van der Waals surface area (Å²) in [5.41, 5.74) is -0.0800. The number of morpholine rings is 1. The quantitative estimate of drug-likeness (QED) is 0.526. The molecule has 0 bridgehead atoms. The first-order valence-electron chi connectivity index (χ1n) is 11.3. The van der Waals surface area contributed by atoms with Crippen molar-refractivity contribution in [3.8, 4) is 5.69 Å². The first-order valence-corrected chi connectivity index (χ1v) is 11.3. The molecule has 34 heavy (non-hydrogen) atoms. The fourth-order valence-electron chi connectivity index (χ4n) is 4.25. The summed E-state index contributed by atoms with van der Waals surface area (Å²) in [6.07, 6.45) is 1.99. The Morgan fingerprint density at radius 3 is 2.56 bits per heavy atom. The van der Waals surface area contributed by atoms with Crippen LogP contribution in [0.25, 0.3) is 5.69 Å². The Kier molecular flexibility index (Phi) is 6.37. The number of hydrogen-bond acceptors (Lipinski definition) is 4. The molecule has 184 valence electrons. The highest BCUT2D eigenvalue weighted by Gasteiger charge is 2.30. The molecular formula is C24H30F3N5O2. The van der Waals surface area contributed by atoms with Crippen molar-refractivity contribution < 1.29 is 17.9 Å². The second-order valence-electron chi connectivity index (χ2n) is 9.63. The van der Waals surface area contributed by atoms with Gasteiger partial charge in [-0.1, -0.05) is 0 Å². The van der Waals surface area contributed by atoms with Gasteiger partial charge in [-0.15, -0.1) is 0 Å². The first-order chi connectivity index (χ1) is 16.0. The van der Waals surface area contributed by atoms with Gasteiger partial charge in [-0.2, -0.15) is 5.10 Å². The Morgan fingerprint density at radius 1 is 1.21 bits per heavy atom. The molecule has 2 aromatic heterocycles. The Morgan fingerprint density at radius 2 is 1.94 bits per heavy atom. The lowest BCUT2D eigenvalue weighted by molar-refractivity contribution is -0.0277. The van der Waals surface area contributed by atoms with E-state index in [4.69, 9.17) is 4.74 Å². The SMILES string of the molecule is Cc1cn(-c2cc(N3CCOC(C)(C)C3)cc(C(F)F)c2F)c(=O)n1Cc1cnn(C(C)C)c1. The normalized spacial score (nSPS) is 16.1. The molecule has 0 aliphatic carbocycles. The van der Waals surface area contributed by atoms with E-state index in [9.17, 15) is 13.6 Å². The van der Waals surface area contributed by atoms with Gasteiger partial charge in [0.2, 0.25) is 0 Å². The molecule has 10 heteroatoms. The van der Waals surface area contributed by atoms with E-state index in [-0.39, 0.29) is 18.3 Å². The van der Waals surface area contributed by atoms with Gasteiger partial charge in [0.1, 0.15) is 0 Å². The predicted octanol–water partition coefficient (Wildman–Crippen LogP) is 4.47. The van der Waals surface area contributed by atoms with E-state index in [1.807, 2.05) is 38.8 Å². The highest BCUT2D eigenvalue weighted by molar-refractivity contribution is 5.57. The van der Waals surface area contributed by atoms with Crippen molar-refractivity contribution in [3.63, 3.8) is 0 Å². The van der Waals surface area contributed by atoms with Crippen LogP contribution in [0.5, 0.6) is 0 Å². The van der Waals surface area contributed by atoms with Gasteiger partial charge in [0.05, 0.1) is 36.2 Å². The summed E-state index contributed by atoms with van der Waals surface area (Å²) in [5.74, 6) is -1.10. The van der Waals surface area contributed by atoms with Crippen molar-refractivity contribution in [2.24, 2.45) is 0 Å². The van der Waals surface area contributed by atoms with Crippen molar-refractivity contribution >= 4 is 5.69 Å². The Bertz CT molecular complexity index is 1240. The standard InChI is InChI=1S/C24H30F3N5O2/c1-15(2)32-13-17(10-28-32)12-30-16(3)11-31(23(30)33)20-9-18(8-19(21(20)25)22(26)27)29-6-7-34-24(4,5)14-29/h8-11,13,15,22H,6-7,12,14H2,1-5H3. The van der Waals surface area contributed by atoms with E-state index in [0.29, 0.717) is 31.1 Å². The summed E-state index contributed by atoms with van der Waals surface area (Å²) in [6, 6.07) is 2.80. The predicted molar refractivity (Wildman–Crippen MR) is 124 cm³/mol. The number of anilines is 1. The van der Waals surface area contributed by atoms with Crippen molar-refractivity contribution in [1.82, 2.24) is 18.9 Å². The Labute approximate surface area is 196 Å². The van der Waals surface area contributed by atoms with Gasteiger partial charge in [0.25, 0.3) is 6.43 Å². The zero-order valence-electron chi connectivity index (χ0n) is 20.1. The van der Waals surface area contributed by atoms with Crippen LogP contribution in [0.15, 0.2) is 35.5 Å². The smallest absolute Gasteiger partial charge is 0.333 e. The second-order valence-corrected chi connectivity index (χ2v) is 9.63. The molecule has 0 amide bonds. The molecule has 0 saturated carbocycles. The van der Waals surface area contributed by atoms with E-state index in [1.54, 1.807) is 17.8 Å². The van der Waals surface area contributed by atoms with Gasteiger partial charge >= 0.3 is 5.69 Å². The van der Waals surface area contributed by atoms with E-state index in [1.165, 1.54) is 22.9 Å². The number of alkyl halides is 2. The van der Waals surface area contributed by atoms with Crippen LogP contribution in [0.4, 0.5) is 18.9 Å². The van der Waals surface area contributed by atoms with Crippen LogP contribution in [-0.4, -0.2) is 44.2 Å². The molecular weight excluding hydrogens is 447 g/mol. The summed E-state index contributed by atoms with van der Waals surface area (Å²) < 4.78 is 52.9. The molecule has 0 atom stereocenters. The third-order valence-electron chi connectivity index (χ3n) is 6.06. The van der Waals surface area contributed by atoms with Crippen LogP contribution in [0, 0.1) is 12.7 Å². The van der Waals surface area contributed by atoms with Gasteiger partial charge in [-0.25, -0.2) is 18.0 Å². The fraction of sp³-hybridized carbons (Fsp3) is 0.500. The van der Waals surface area contributed by atoms with Crippen LogP contribution >= 0.6 is 0 Å². The molecule has 0 radical (unpaired) electrons. The lowest BCUT2D eigenvalue weighted by Crippen LogP contribution is -2.48. The largest absolute Gasteiger partial charge is 0.372 e. The van der Waals surface area contributed by atoms with Crippen molar-refractivity contribution in [2.75, 3.05) is 24.6 Å². The van der Waals surface area contributed by atoms with Crippen molar-refractivity contribution in [1.29, 1.82) is 0 Å². The number of halogens is 3. The summed E-state index contributed by atoms with van der Waals surface area (Å²) in [6.45, 7) is 11.1. The van der Waals surface area contributed by atoms with Gasteiger partial charge in [-0.05, 0) is 46.8 Å². The molecule has 7 nitrogen and oxygen atoms in total. The maximum Gasteiger partial charge on any atom is 0.333 e. The highest BCUT2D eigenvalue weighted by Crippen LogP contribution is 2.33. The second kappa shape index (κ2) is 8.98. The Balaban J connectivity index is 1.77. The first kappa shape index (κ1) is 24.1. The maximum atomic E-state index is 15.2. The fourth-order valence-corrected chi connectivity index (χ4v) is 4.25. The van der Waals surface area contributed by atoms with Gasteiger partial charge in [0, 0.05) is 48.5 Å². The number of aromatic nitrogens is 4. The molecule has 3 heterocycles. The number of benzene rings is 1. The number of hydrogen-bond donors (Lipinski definition) is 0. The number of imidazole rings is 1. The van der Waals surface area contributed by atoms with Gasteiger partial charge in [0.15, 0.2) is 5.82 Å². The van der Waals surface area contributed by atoms with E-state index in [0.717, 1.165) is 10.1 Å². The molecule has 1 aliphatic heterocycles. The number of rotatable bonds is 6. The zero-order valence-corrected chi connectivity index (χ0v) is 20.1. The Hall–Kier alpha value is -3.01. The zero-order chi connectivity index (χ0) is 24.8. The third-order valence-corrected chi connectivity index (χ3v) is 6.06. The third kappa shape index (κ3) is 4.64. The van der Waals surface area contributed by atoms with Crippen LogP contribution in [0.3, 0.4) is 0 Å². The minimum Gasteiger partial charge on any atom is -0.372 e. The summed E-state index contributed by atoms with van der Waals surface area (Å²) in [5, 5.41) is 4.29. The van der Waals surface area contributed by atoms with Crippen LogP contribution < -0.4 is 10.6 Å². The van der Waals surface area contributed by atoms with Crippen LogP contribution in [0.2, 0.25) is 0 Å². The monoisotopic (exact) mass is 477 g/mol. The van der Waals surface area contributed by atoms with E-state index < -0.39 is 29.1 Å². The summed E-state index contributed by atoms with van der Waals surface area (Å²) >= 11 is 0. The topological polar surface area (TPSA) is 57.2 Å². The molecule has 1 saturated heterocycles. The molecule has 0 N–H and O–H groups in total. The molecule has 0 spiro atoms. The number of ether oxygens (including phenoxy) is 1.